The van der Waals surface area contributed by atoms with Crippen LogP contribution in [0.3, 0.4) is 0 Å². The minimum Gasteiger partial charge on any atom is -0.353 e. The third-order valence-corrected chi connectivity index (χ3v) is 5.60. The second-order valence-corrected chi connectivity index (χ2v) is 7.80. The lowest BCUT2D eigenvalue weighted by Crippen LogP contribution is -2.48. The quantitative estimate of drug-likeness (QED) is 0.616. The maximum absolute atomic E-state index is 13.0. The Morgan fingerprint density at radius 2 is 1.53 bits per heavy atom. The van der Waals surface area contributed by atoms with Crippen molar-refractivity contribution in [3.63, 3.8) is 0 Å². The highest BCUT2D eigenvalue weighted by Gasteiger charge is 2.27. The number of nitrogens with zero attached hydrogens (tertiary/aromatic N) is 7. The van der Waals surface area contributed by atoms with Crippen molar-refractivity contribution in [2.24, 2.45) is 0 Å². The van der Waals surface area contributed by atoms with Crippen LogP contribution in [0.4, 0.5) is 27.7 Å². The summed E-state index contributed by atoms with van der Waals surface area (Å²) in [4.78, 5) is 36.2. The second kappa shape index (κ2) is 10.9. The van der Waals surface area contributed by atoms with Crippen LogP contribution in [0.25, 0.3) is 0 Å². The molecule has 2 fully saturated rings. The van der Waals surface area contributed by atoms with Gasteiger partial charge in [-0.25, -0.2) is 24.3 Å². The third kappa shape index (κ3) is 5.38. The van der Waals surface area contributed by atoms with Gasteiger partial charge in [0, 0.05) is 38.6 Å². The minimum atomic E-state index is -0.799. The first-order valence-corrected chi connectivity index (χ1v) is 11.5. The molecule has 0 aromatic carbocycles. The molecule has 2 aliphatic heterocycles. The van der Waals surface area contributed by atoms with Crippen molar-refractivity contribution in [3.8, 4) is 0 Å². The van der Waals surface area contributed by atoms with Crippen molar-refractivity contribution in [1.29, 1.82) is 0 Å². The zero-order valence-corrected chi connectivity index (χ0v) is 19.4. The molecule has 1 N–H and O–H groups in total. The smallest absolute Gasteiger partial charge is 0.257 e. The van der Waals surface area contributed by atoms with Gasteiger partial charge in [0.25, 0.3) is 5.91 Å². The van der Waals surface area contributed by atoms with E-state index in [0.717, 1.165) is 32.0 Å². The summed E-state index contributed by atoms with van der Waals surface area (Å²) in [6.07, 6.45) is 5.71. The van der Waals surface area contributed by atoms with Crippen molar-refractivity contribution >= 4 is 29.2 Å². The van der Waals surface area contributed by atoms with Gasteiger partial charge in [0.2, 0.25) is 5.95 Å². The Labute approximate surface area is 198 Å². The van der Waals surface area contributed by atoms with Crippen molar-refractivity contribution in [2.75, 3.05) is 59.3 Å². The average Bonchev–Trinajstić information content (AvgIpc) is 2.89. The predicted octanol–water partition coefficient (Wildman–Crippen LogP) is 3.03. The van der Waals surface area contributed by atoms with Crippen LogP contribution in [0.2, 0.25) is 0 Å². The first-order chi connectivity index (χ1) is 16.7. The molecule has 0 bridgehead atoms. The monoisotopic (exact) mass is 464 g/mol. The van der Waals surface area contributed by atoms with Gasteiger partial charge < -0.3 is 20.0 Å². The number of carbonyl (C=O) groups excluding carboxylic acids is 1. The summed E-state index contributed by atoms with van der Waals surface area (Å²) in [5.74, 6) is 1.99. The van der Waals surface area contributed by atoms with Gasteiger partial charge in [-0.2, -0.15) is 0 Å². The van der Waals surface area contributed by atoms with E-state index in [1.807, 2.05) is 36.9 Å². The summed E-state index contributed by atoms with van der Waals surface area (Å²) in [6, 6.07) is 9.32. The van der Waals surface area contributed by atoms with Crippen LogP contribution in [0.15, 0.2) is 55.1 Å². The fourth-order valence-corrected chi connectivity index (χ4v) is 3.75. The molecule has 0 saturated carbocycles. The van der Waals surface area contributed by atoms with Gasteiger partial charge in [0.05, 0.1) is 36.7 Å². The summed E-state index contributed by atoms with van der Waals surface area (Å²) in [6.45, 7) is 7.96. The molecule has 2 aliphatic rings. The first kappa shape index (κ1) is 23.3. The van der Waals surface area contributed by atoms with Gasteiger partial charge >= 0.3 is 0 Å². The number of carbonyl (C=O) groups is 1. The maximum Gasteiger partial charge on any atom is 0.257 e. The molecule has 0 spiro atoms. The number of piperazine rings is 1. The van der Waals surface area contributed by atoms with Crippen LogP contribution in [0, 0.1) is 0 Å². The van der Waals surface area contributed by atoms with Crippen LogP contribution in [-0.2, 0) is 0 Å². The average molecular weight is 465 g/mol. The van der Waals surface area contributed by atoms with E-state index < -0.39 is 6.17 Å². The Bertz CT molecular complexity index is 1050. The van der Waals surface area contributed by atoms with E-state index in [9.17, 15) is 9.18 Å². The Morgan fingerprint density at radius 3 is 2.12 bits per heavy atom. The highest BCUT2D eigenvalue weighted by molar-refractivity contribution is 6.04. The SMILES string of the molecule is CC.O=C(Nc1cnc(N2CCN(c3ccccn3)CC2)nc1)c1ccc(N2CC(F)C2)nc1. The lowest BCUT2D eigenvalue weighted by molar-refractivity contribution is 0.102. The molecule has 3 aromatic heterocycles. The summed E-state index contributed by atoms with van der Waals surface area (Å²) >= 11 is 0. The molecule has 1 amide bonds. The van der Waals surface area contributed by atoms with Crippen molar-refractivity contribution in [3.05, 3.63) is 60.7 Å². The third-order valence-electron chi connectivity index (χ3n) is 5.60. The van der Waals surface area contributed by atoms with E-state index in [0.29, 0.717) is 36.1 Å². The summed E-state index contributed by atoms with van der Waals surface area (Å²) in [7, 11) is 0. The number of amides is 1. The fraction of sp³-hybridized carbons (Fsp3) is 0.375. The van der Waals surface area contributed by atoms with E-state index in [2.05, 4.69) is 35.1 Å². The number of hydrogen-bond acceptors (Lipinski definition) is 8. The Hall–Kier alpha value is -3.82. The molecule has 178 valence electrons. The van der Waals surface area contributed by atoms with Gasteiger partial charge in [-0.15, -0.1) is 0 Å². The van der Waals surface area contributed by atoms with Gasteiger partial charge in [0.15, 0.2) is 0 Å². The Morgan fingerprint density at radius 1 is 0.853 bits per heavy atom. The molecule has 2 saturated heterocycles. The Balaban J connectivity index is 0.00000133. The molecule has 0 atom stereocenters. The molecule has 5 rings (SSSR count). The molecule has 9 nitrogen and oxygen atoms in total. The normalized spacial score (nSPS) is 15.8. The lowest BCUT2D eigenvalue weighted by atomic mass is 10.2. The van der Waals surface area contributed by atoms with E-state index in [4.69, 9.17) is 0 Å². The highest BCUT2D eigenvalue weighted by Crippen LogP contribution is 2.21. The molecule has 0 unspecified atom stereocenters. The van der Waals surface area contributed by atoms with Crippen molar-refractivity contribution in [1.82, 2.24) is 19.9 Å². The molecule has 0 aliphatic carbocycles. The van der Waals surface area contributed by atoms with Gasteiger partial charge in [-0.05, 0) is 24.3 Å². The van der Waals surface area contributed by atoms with E-state index in [1.54, 1.807) is 30.7 Å². The van der Waals surface area contributed by atoms with Crippen molar-refractivity contribution in [2.45, 2.75) is 20.0 Å². The van der Waals surface area contributed by atoms with E-state index >= 15 is 0 Å². The number of anilines is 4. The largest absolute Gasteiger partial charge is 0.353 e. The second-order valence-electron chi connectivity index (χ2n) is 7.80. The molecular formula is C24H29FN8O. The Kier molecular flexibility index (Phi) is 7.46. The standard InChI is InChI=1S/C22H23FN8O.C2H6/c23-17-14-31(15-17)20-5-4-16(11-25-20)21(32)28-18-12-26-22(27-13-18)30-9-7-29(8-10-30)19-3-1-2-6-24-19;1-2/h1-6,11-13,17H,7-10,14-15H2,(H,28,32);1-2H3. The van der Waals surface area contributed by atoms with Crippen LogP contribution in [-0.4, -0.2) is 71.3 Å². The van der Waals surface area contributed by atoms with Crippen LogP contribution in [0.5, 0.6) is 0 Å². The highest BCUT2D eigenvalue weighted by atomic mass is 19.1. The number of rotatable bonds is 5. The zero-order valence-electron chi connectivity index (χ0n) is 19.4. The number of halogens is 1. The maximum atomic E-state index is 13.0. The topological polar surface area (TPSA) is 90.4 Å². The van der Waals surface area contributed by atoms with Crippen molar-refractivity contribution < 1.29 is 9.18 Å². The van der Waals surface area contributed by atoms with Gasteiger partial charge in [0.1, 0.15) is 17.8 Å². The van der Waals surface area contributed by atoms with Crippen LogP contribution < -0.4 is 20.0 Å². The molecule has 0 radical (unpaired) electrons. The molecule has 10 heteroatoms. The van der Waals surface area contributed by atoms with Crippen LogP contribution >= 0.6 is 0 Å². The molecule has 5 heterocycles. The first-order valence-electron chi connectivity index (χ1n) is 11.5. The number of nitrogens with one attached hydrogen (secondary N) is 1. The van der Waals surface area contributed by atoms with Gasteiger partial charge in [-0.1, -0.05) is 19.9 Å². The molecule has 34 heavy (non-hydrogen) atoms. The number of pyridine rings is 2. The summed E-state index contributed by atoms with van der Waals surface area (Å²) < 4.78 is 13.0. The molecule has 3 aromatic rings. The van der Waals surface area contributed by atoms with E-state index in [-0.39, 0.29) is 5.91 Å². The van der Waals surface area contributed by atoms with Crippen LogP contribution in [0.1, 0.15) is 24.2 Å². The summed E-state index contributed by atoms with van der Waals surface area (Å²) in [5.41, 5.74) is 0.929. The predicted molar refractivity (Wildman–Crippen MR) is 131 cm³/mol. The minimum absolute atomic E-state index is 0.295. The lowest BCUT2D eigenvalue weighted by Gasteiger charge is -2.35. The molecular weight excluding hydrogens is 435 g/mol. The zero-order chi connectivity index (χ0) is 23.9. The number of alkyl halides is 1. The van der Waals surface area contributed by atoms with Gasteiger partial charge in [-0.3, -0.25) is 4.79 Å². The number of hydrogen-bond donors (Lipinski definition) is 1. The fourth-order valence-electron chi connectivity index (χ4n) is 3.75. The number of aromatic nitrogens is 4. The summed E-state index contributed by atoms with van der Waals surface area (Å²) in [5, 5.41) is 2.79. The van der Waals surface area contributed by atoms with E-state index in [1.165, 1.54) is 6.20 Å².